The Hall–Kier alpha value is -4.53. The van der Waals surface area contributed by atoms with Gasteiger partial charge < -0.3 is 9.47 Å². The number of amides is 2. The van der Waals surface area contributed by atoms with E-state index in [-0.39, 0.29) is 5.82 Å². The molecule has 0 radical (unpaired) electrons. The summed E-state index contributed by atoms with van der Waals surface area (Å²) in [5.41, 5.74) is 1.84. The molecule has 9 nitrogen and oxygen atoms in total. The Balaban J connectivity index is 1.91. The zero-order chi connectivity index (χ0) is 28.4. The lowest BCUT2D eigenvalue weighted by Crippen LogP contribution is -2.44. The number of aromatic nitrogens is 3. The Morgan fingerprint density at radius 1 is 0.795 bits per heavy atom. The number of carbonyl (C=O) groups is 2. The number of rotatable bonds is 4. The number of anilines is 1. The molecule has 2 aromatic heterocycles. The number of aliphatic imine (C=N–C) groups is 1. The number of benzene rings is 2. The van der Waals surface area contributed by atoms with E-state index in [1.165, 1.54) is 6.20 Å². The molecule has 0 unspecified atom stereocenters. The van der Waals surface area contributed by atoms with E-state index >= 15 is 0 Å². The van der Waals surface area contributed by atoms with Gasteiger partial charge in [-0.3, -0.25) is 4.68 Å². The summed E-state index contributed by atoms with van der Waals surface area (Å²) in [4.78, 5) is 37.0. The molecule has 0 bridgehead atoms. The fourth-order valence-electron chi connectivity index (χ4n) is 3.87. The van der Waals surface area contributed by atoms with E-state index in [1.54, 1.807) is 59.5 Å². The molecule has 0 saturated heterocycles. The maximum absolute atomic E-state index is 13.3. The number of hydrogen-bond acceptors (Lipinski definition) is 7. The van der Waals surface area contributed by atoms with Gasteiger partial charge in [0.25, 0.3) is 0 Å². The molecule has 0 aliphatic heterocycles. The fraction of sp³-hybridized carbons (Fsp3) is 0.300. The second-order valence-electron chi connectivity index (χ2n) is 11.0. The van der Waals surface area contributed by atoms with Crippen LogP contribution in [0.5, 0.6) is 0 Å². The Labute approximate surface area is 228 Å². The molecule has 2 aromatic carbocycles. The van der Waals surface area contributed by atoms with E-state index in [9.17, 15) is 9.59 Å². The lowest BCUT2D eigenvalue weighted by molar-refractivity contribution is 0.0429. The largest absolute Gasteiger partial charge is 0.443 e. The van der Waals surface area contributed by atoms with Crippen molar-refractivity contribution >= 4 is 40.3 Å². The van der Waals surface area contributed by atoms with Crippen LogP contribution in [-0.4, -0.2) is 43.9 Å². The first-order valence-corrected chi connectivity index (χ1v) is 12.6. The third kappa shape index (κ3) is 6.49. The number of nitrogens with zero attached hydrogens (tertiary/aromatic N) is 5. The van der Waals surface area contributed by atoms with Gasteiger partial charge in [0.2, 0.25) is 0 Å². The number of ether oxygens (including phenoxy) is 2. The Kier molecular flexibility index (Phi) is 7.53. The van der Waals surface area contributed by atoms with E-state index in [4.69, 9.17) is 14.5 Å². The summed E-state index contributed by atoms with van der Waals surface area (Å²) in [5, 5.41) is 5.00. The van der Waals surface area contributed by atoms with Crippen LogP contribution in [0.3, 0.4) is 0 Å². The van der Waals surface area contributed by atoms with E-state index in [1.807, 2.05) is 60.7 Å². The van der Waals surface area contributed by atoms with Gasteiger partial charge in [-0.2, -0.15) is 10.00 Å². The number of aryl methyl sites for hydroxylation is 1. The second-order valence-corrected chi connectivity index (χ2v) is 11.0. The van der Waals surface area contributed by atoms with Gasteiger partial charge in [-0.1, -0.05) is 60.7 Å². The van der Waals surface area contributed by atoms with Crippen molar-refractivity contribution in [1.82, 2.24) is 14.8 Å². The minimum Gasteiger partial charge on any atom is -0.443 e. The van der Waals surface area contributed by atoms with Crippen molar-refractivity contribution in [2.75, 3.05) is 4.90 Å². The Morgan fingerprint density at radius 3 is 1.74 bits per heavy atom. The van der Waals surface area contributed by atoms with Gasteiger partial charge in [0.05, 0.1) is 29.2 Å². The smallest absolute Gasteiger partial charge is 0.425 e. The molecule has 0 fully saturated rings. The van der Waals surface area contributed by atoms with Crippen molar-refractivity contribution in [2.45, 2.75) is 52.7 Å². The van der Waals surface area contributed by atoms with E-state index < -0.39 is 23.4 Å². The van der Waals surface area contributed by atoms with Crippen LogP contribution < -0.4 is 4.90 Å². The Bertz CT molecular complexity index is 1440. The van der Waals surface area contributed by atoms with Crippen LogP contribution in [0, 0.1) is 0 Å². The molecular weight excluding hydrogens is 494 g/mol. The van der Waals surface area contributed by atoms with Gasteiger partial charge in [-0.15, -0.1) is 0 Å². The maximum atomic E-state index is 13.3. The topological polar surface area (TPSA) is 98.9 Å². The number of hydrogen-bond donors (Lipinski definition) is 0. The van der Waals surface area contributed by atoms with E-state index in [0.29, 0.717) is 16.6 Å². The predicted octanol–water partition coefficient (Wildman–Crippen LogP) is 6.81. The molecule has 0 N–H and O–H groups in total. The summed E-state index contributed by atoms with van der Waals surface area (Å²) in [7, 11) is 1.71. The quantitative estimate of drug-likeness (QED) is 0.270. The van der Waals surface area contributed by atoms with Crippen LogP contribution in [0.25, 0.3) is 10.9 Å². The molecule has 0 aliphatic carbocycles. The predicted molar refractivity (Wildman–Crippen MR) is 152 cm³/mol. The minimum atomic E-state index is -0.905. The number of fused-ring (bicyclic) bond motifs is 1. The highest BCUT2D eigenvalue weighted by Crippen LogP contribution is 2.34. The molecule has 39 heavy (non-hydrogen) atoms. The highest BCUT2D eigenvalue weighted by Gasteiger charge is 2.35. The summed E-state index contributed by atoms with van der Waals surface area (Å²) in [6, 6.07) is 19.7. The molecule has 0 aliphatic rings. The fourth-order valence-corrected chi connectivity index (χ4v) is 3.87. The van der Waals surface area contributed by atoms with Crippen LogP contribution in [0.1, 0.15) is 52.7 Å². The Morgan fingerprint density at radius 2 is 1.28 bits per heavy atom. The SMILES string of the molecule is Cn1ncc2c(N=C(c3ccccc3)c3ccccc3)cnc(N(C(=O)OC(C)(C)C)C(=O)OC(C)(C)C)c21. The van der Waals surface area contributed by atoms with Crippen LogP contribution in [0.2, 0.25) is 0 Å². The van der Waals surface area contributed by atoms with Crippen molar-refractivity contribution in [3.63, 3.8) is 0 Å². The average Bonchev–Trinajstić information content (AvgIpc) is 3.24. The molecule has 2 amide bonds. The first kappa shape index (κ1) is 27.5. The average molecular weight is 528 g/mol. The minimum absolute atomic E-state index is 0.0356. The number of pyridine rings is 1. The third-order valence-electron chi connectivity index (χ3n) is 5.43. The molecule has 4 aromatic rings. The molecule has 0 atom stereocenters. The van der Waals surface area contributed by atoms with E-state index in [0.717, 1.165) is 21.7 Å². The van der Waals surface area contributed by atoms with Crippen molar-refractivity contribution in [3.8, 4) is 0 Å². The van der Waals surface area contributed by atoms with Gasteiger partial charge in [0.15, 0.2) is 5.82 Å². The summed E-state index contributed by atoms with van der Waals surface area (Å²) in [6.07, 6.45) is 1.34. The normalized spacial score (nSPS) is 11.7. The lowest BCUT2D eigenvalue weighted by atomic mass is 10.0. The van der Waals surface area contributed by atoms with Crippen molar-refractivity contribution in [2.24, 2.45) is 12.0 Å². The molecule has 4 rings (SSSR count). The highest BCUT2D eigenvalue weighted by atomic mass is 16.6. The summed E-state index contributed by atoms with van der Waals surface area (Å²) in [5.74, 6) is 0.0356. The highest BCUT2D eigenvalue weighted by molar-refractivity contribution is 6.17. The molecule has 0 saturated carbocycles. The maximum Gasteiger partial charge on any atom is 0.425 e. The third-order valence-corrected chi connectivity index (χ3v) is 5.43. The standard InChI is InChI=1S/C30H33N5O4/c1-29(2,3)38-27(36)35(28(37)39-30(4,5)6)26-25-22(18-32-34(25)7)23(19-31-26)33-24(20-14-10-8-11-15-20)21-16-12-9-13-17-21/h8-19H,1-7H3. The van der Waals surface area contributed by atoms with Crippen LogP contribution in [0.15, 0.2) is 78.0 Å². The van der Waals surface area contributed by atoms with Crippen LogP contribution in [0.4, 0.5) is 21.1 Å². The zero-order valence-electron chi connectivity index (χ0n) is 23.3. The van der Waals surface area contributed by atoms with Gasteiger partial charge >= 0.3 is 12.2 Å². The van der Waals surface area contributed by atoms with Crippen molar-refractivity contribution in [3.05, 3.63) is 84.2 Å². The summed E-state index contributed by atoms with van der Waals surface area (Å²) in [6.45, 7) is 10.3. The number of carbonyl (C=O) groups excluding carboxylic acids is 2. The van der Waals surface area contributed by atoms with Crippen LogP contribution in [-0.2, 0) is 16.5 Å². The first-order chi connectivity index (χ1) is 18.3. The lowest BCUT2D eigenvalue weighted by Gasteiger charge is -2.28. The van der Waals surface area contributed by atoms with Gasteiger partial charge in [0, 0.05) is 18.2 Å². The number of imide groups is 1. The first-order valence-electron chi connectivity index (χ1n) is 12.6. The molecule has 202 valence electrons. The monoisotopic (exact) mass is 527 g/mol. The van der Waals surface area contributed by atoms with Crippen LogP contribution >= 0.6 is 0 Å². The molecule has 9 heteroatoms. The summed E-state index contributed by atoms with van der Waals surface area (Å²) >= 11 is 0. The zero-order valence-corrected chi connectivity index (χ0v) is 23.3. The van der Waals surface area contributed by atoms with Crippen molar-refractivity contribution in [1.29, 1.82) is 0 Å². The molecular formula is C30H33N5O4. The van der Waals surface area contributed by atoms with Gasteiger partial charge in [0.1, 0.15) is 16.7 Å². The van der Waals surface area contributed by atoms with Gasteiger partial charge in [-0.25, -0.2) is 19.6 Å². The second kappa shape index (κ2) is 10.7. The van der Waals surface area contributed by atoms with E-state index in [2.05, 4.69) is 10.1 Å². The van der Waals surface area contributed by atoms with Crippen molar-refractivity contribution < 1.29 is 19.1 Å². The summed E-state index contributed by atoms with van der Waals surface area (Å²) < 4.78 is 12.7. The van der Waals surface area contributed by atoms with Gasteiger partial charge in [-0.05, 0) is 41.5 Å². The molecule has 2 heterocycles. The molecule has 0 spiro atoms.